The summed E-state index contributed by atoms with van der Waals surface area (Å²) in [6, 6.07) is 0. The number of hydrogen-bond acceptors (Lipinski definition) is 6. The number of carboxylic acid groups (broad SMARTS) is 2. The van der Waals surface area contributed by atoms with Crippen molar-refractivity contribution in [2.24, 2.45) is 0 Å². The minimum atomic E-state index is -1.23. The Kier molecular flexibility index (Phi) is 45.0. The van der Waals surface area contributed by atoms with Gasteiger partial charge in [0, 0.05) is 21.7 Å². The van der Waals surface area contributed by atoms with Crippen molar-refractivity contribution in [1.29, 1.82) is 0 Å². The summed E-state index contributed by atoms with van der Waals surface area (Å²) in [4.78, 5) is 18.9. The fourth-order valence-corrected chi connectivity index (χ4v) is 0. The molecule has 0 aliphatic heterocycles. The van der Waals surface area contributed by atoms with Crippen molar-refractivity contribution in [3.63, 3.8) is 0 Å². The Balaban J connectivity index is -0.0000000250. The number of rotatable bonds is 2. The molecule has 0 saturated heterocycles. The summed E-state index contributed by atoms with van der Waals surface area (Å²) >= 11 is 0. The average molecular weight is 280 g/mol. The predicted octanol–water partition coefficient (Wildman–Crippen LogP) is -1.60. The van der Waals surface area contributed by atoms with Crippen LogP contribution < -0.4 is 12.3 Å². The van der Waals surface area contributed by atoms with E-state index in [1.807, 2.05) is 0 Å². The van der Waals surface area contributed by atoms with Crippen molar-refractivity contribution in [1.82, 2.24) is 12.3 Å². The molecule has 0 heterocycles. The van der Waals surface area contributed by atoms with Gasteiger partial charge >= 0.3 is 11.9 Å². The third kappa shape index (κ3) is 37.6. The van der Waals surface area contributed by atoms with E-state index in [1.54, 1.807) is 0 Å². The summed E-state index contributed by atoms with van der Waals surface area (Å²) in [5, 5.41) is 31.5. The Morgan fingerprint density at radius 3 is 0.938 bits per heavy atom. The number of aliphatic hydroxyl groups is 2. The number of aliphatic hydroxyl groups excluding tert-OH is 2. The second-order valence-electron chi connectivity index (χ2n) is 2.03. The quantitative estimate of drug-likeness (QED) is 0.322. The Morgan fingerprint density at radius 2 is 0.938 bits per heavy atom. The first-order chi connectivity index (χ1) is 5.29. The van der Waals surface area contributed by atoms with Gasteiger partial charge in [-0.2, -0.15) is 0 Å². The van der Waals surface area contributed by atoms with Crippen LogP contribution in [0.15, 0.2) is 0 Å². The van der Waals surface area contributed by atoms with Gasteiger partial charge in [0.15, 0.2) is 0 Å². The SMILES string of the molecule is CC(O)C(=O)O.CC(O)C(=O)O.N.N.O.[Ti]. The Labute approximate surface area is 108 Å². The van der Waals surface area contributed by atoms with Crippen molar-refractivity contribution in [3.8, 4) is 0 Å². The molecule has 9 nitrogen and oxygen atoms in total. The predicted molar refractivity (Wildman–Crippen MR) is 52.3 cm³/mol. The maximum absolute atomic E-state index is 9.45. The van der Waals surface area contributed by atoms with Crippen molar-refractivity contribution < 1.29 is 57.2 Å². The van der Waals surface area contributed by atoms with E-state index >= 15 is 0 Å². The van der Waals surface area contributed by atoms with Crippen LogP contribution in [0.3, 0.4) is 0 Å². The molecule has 100 valence electrons. The molecule has 0 aliphatic carbocycles. The molecule has 0 aliphatic rings. The van der Waals surface area contributed by atoms with Crippen molar-refractivity contribution >= 4 is 11.9 Å². The fraction of sp³-hybridized carbons (Fsp3) is 0.667. The van der Waals surface area contributed by atoms with Crippen LogP contribution in [0.25, 0.3) is 0 Å². The molecule has 0 radical (unpaired) electrons. The molecular weight excluding hydrogens is 260 g/mol. The summed E-state index contributed by atoms with van der Waals surface area (Å²) < 4.78 is 0. The Morgan fingerprint density at radius 1 is 0.875 bits per heavy atom. The van der Waals surface area contributed by atoms with Gasteiger partial charge in [0.25, 0.3) is 0 Å². The number of carbonyl (C=O) groups is 2. The van der Waals surface area contributed by atoms with E-state index < -0.39 is 24.1 Å². The fourth-order valence-electron chi connectivity index (χ4n) is 0. The summed E-state index contributed by atoms with van der Waals surface area (Å²) in [6.07, 6.45) is -2.46. The van der Waals surface area contributed by atoms with E-state index in [0.29, 0.717) is 0 Å². The minimum Gasteiger partial charge on any atom is -0.479 e. The van der Waals surface area contributed by atoms with Crippen LogP contribution in [-0.2, 0) is 31.3 Å². The van der Waals surface area contributed by atoms with Gasteiger partial charge in [-0.3, -0.25) is 0 Å². The molecule has 2 atom stereocenters. The molecule has 16 heavy (non-hydrogen) atoms. The average Bonchev–Trinajstić information content (AvgIpc) is 1.88. The molecule has 0 aromatic heterocycles. The minimum absolute atomic E-state index is 0. The van der Waals surface area contributed by atoms with Crippen LogP contribution in [0, 0.1) is 0 Å². The largest absolute Gasteiger partial charge is 0.479 e. The molecule has 2 unspecified atom stereocenters. The van der Waals surface area contributed by atoms with Gasteiger partial charge in [-0.1, -0.05) is 0 Å². The number of aliphatic carboxylic acids is 2. The molecule has 0 fully saturated rings. The molecule has 12 N–H and O–H groups in total. The zero-order chi connectivity index (χ0) is 10.3. The maximum atomic E-state index is 9.45. The summed E-state index contributed by atoms with van der Waals surface area (Å²) in [7, 11) is 0. The van der Waals surface area contributed by atoms with Gasteiger partial charge in [0.05, 0.1) is 0 Å². The molecule has 0 aromatic rings. The van der Waals surface area contributed by atoms with Crippen molar-refractivity contribution in [2.45, 2.75) is 26.1 Å². The van der Waals surface area contributed by atoms with E-state index in [0.717, 1.165) is 0 Å². The first-order valence-electron chi connectivity index (χ1n) is 3.10. The van der Waals surface area contributed by atoms with Crippen LogP contribution in [-0.4, -0.2) is 50.0 Å². The third-order valence-electron chi connectivity index (χ3n) is 0.715. The van der Waals surface area contributed by atoms with Gasteiger partial charge in [0.1, 0.15) is 12.2 Å². The summed E-state index contributed by atoms with van der Waals surface area (Å²) in [6.45, 7) is 2.39. The Bertz CT molecular complexity index is 147. The zero-order valence-corrected chi connectivity index (χ0v) is 10.7. The number of hydrogen-bond donors (Lipinski definition) is 6. The molecule has 10 heteroatoms. The molecule has 0 amide bonds. The molecular formula is C6H20N2O7Ti. The molecule has 0 rings (SSSR count). The third-order valence-corrected chi connectivity index (χ3v) is 0.715. The van der Waals surface area contributed by atoms with Crippen LogP contribution in [0.2, 0.25) is 0 Å². The van der Waals surface area contributed by atoms with E-state index in [2.05, 4.69) is 0 Å². The van der Waals surface area contributed by atoms with Crippen LogP contribution >= 0.6 is 0 Å². The monoisotopic (exact) mass is 280 g/mol. The number of carboxylic acids is 2. The van der Waals surface area contributed by atoms with Gasteiger partial charge in [-0.25, -0.2) is 9.59 Å². The molecule has 0 saturated carbocycles. The van der Waals surface area contributed by atoms with Crippen molar-refractivity contribution in [2.75, 3.05) is 0 Å². The van der Waals surface area contributed by atoms with Crippen LogP contribution in [0.1, 0.15) is 13.8 Å². The first kappa shape index (κ1) is 36.1. The smallest absolute Gasteiger partial charge is 0.332 e. The van der Waals surface area contributed by atoms with Crippen molar-refractivity contribution in [3.05, 3.63) is 0 Å². The normalized spacial score (nSPS) is 10.2. The zero-order valence-electron chi connectivity index (χ0n) is 9.17. The summed E-state index contributed by atoms with van der Waals surface area (Å²) in [5.41, 5.74) is 0. The topological polar surface area (TPSA) is 217 Å². The summed E-state index contributed by atoms with van der Waals surface area (Å²) in [5.74, 6) is -2.37. The van der Waals surface area contributed by atoms with E-state index in [4.69, 9.17) is 20.4 Å². The van der Waals surface area contributed by atoms with Gasteiger partial charge in [-0.15, -0.1) is 0 Å². The van der Waals surface area contributed by atoms with Crippen LogP contribution in [0.5, 0.6) is 0 Å². The van der Waals surface area contributed by atoms with Gasteiger partial charge < -0.3 is 38.2 Å². The second kappa shape index (κ2) is 19.9. The molecule has 0 bridgehead atoms. The maximum Gasteiger partial charge on any atom is 0.332 e. The molecule has 0 aromatic carbocycles. The standard InChI is InChI=1S/2C3H6O3.2H3N.H2O.Ti/c2*1-2(4)3(5)6;;;;/h2*2,4H,1H3,(H,5,6);2*1H3;1H2;. The Hall–Kier alpha value is -0.546. The first-order valence-corrected chi connectivity index (χ1v) is 3.10. The van der Waals surface area contributed by atoms with E-state index in [-0.39, 0.29) is 39.5 Å². The van der Waals surface area contributed by atoms with E-state index in [1.165, 1.54) is 13.8 Å². The van der Waals surface area contributed by atoms with Gasteiger partial charge in [0.2, 0.25) is 0 Å². The van der Waals surface area contributed by atoms with E-state index in [9.17, 15) is 9.59 Å². The van der Waals surface area contributed by atoms with Gasteiger partial charge in [-0.05, 0) is 13.8 Å². The second-order valence-corrected chi connectivity index (χ2v) is 2.03. The molecule has 0 spiro atoms. The van der Waals surface area contributed by atoms with Crippen LogP contribution in [0.4, 0.5) is 0 Å².